The third kappa shape index (κ3) is 9.58. The molecule has 0 aliphatic rings. The predicted octanol–water partition coefficient (Wildman–Crippen LogP) is 6.22. The van der Waals surface area contributed by atoms with Crippen molar-refractivity contribution >= 4 is 11.9 Å². The van der Waals surface area contributed by atoms with Gasteiger partial charge in [0.1, 0.15) is 23.1 Å². The zero-order chi connectivity index (χ0) is 33.4. The van der Waals surface area contributed by atoms with Crippen LogP contribution in [0.2, 0.25) is 0 Å². The number of hydrogen-bond donors (Lipinski definition) is 3. The summed E-state index contributed by atoms with van der Waals surface area (Å²) in [6.07, 6.45) is -1.91. The average Bonchev–Trinajstić information content (AvgIpc) is 3.38. The topological polar surface area (TPSA) is 110 Å². The van der Waals surface area contributed by atoms with E-state index < -0.39 is 29.8 Å². The van der Waals surface area contributed by atoms with Crippen LogP contribution in [0.3, 0.4) is 0 Å². The van der Waals surface area contributed by atoms with Crippen LogP contribution < -0.4 is 10.1 Å². The number of aliphatic hydroxyl groups excluding tert-OH is 2. The molecule has 1 aromatic heterocycles. The molecule has 0 radical (unpaired) electrons. The maximum Gasteiger partial charge on any atom is 0.308 e. The first-order chi connectivity index (χ1) is 22.0. The smallest absolute Gasteiger partial charge is 0.308 e. The molecule has 4 aromatic rings. The molecular weight excluding hydrogens is 701 g/mol. The van der Waals surface area contributed by atoms with E-state index in [0.29, 0.717) is 39.4 Å². The summed E-state index contributed by atoms with van der Waals surface area (Å²) in [6.45, 7) is 4.07. The summed E-state index contributed by atoms with van der Waals surface area (Å²) in [5.41, 5.74) is 4.27. The van der Waals surface area contributed by atoms with Crippen molar-refractivity contribution in [1.82, 2.24) is 9.88 Å². The predicted molar refractivity (Wildman–Crippen MR) is 171 cm³/mol. The second kappa shape index (κ2) is 17.3. The van der Waals surface area contributed by atoms with Crippen LogP contribution in [0.4, 0.5) is 8.78 Å². The maximum atomic E-state index is 14.2. The van der Waals surface area contributed by atoms with Gasteiger partial charge in [-0.3, -0.25) is 9.59 Å². The summed E-state index contributed by atoms with van der Waals surface area (Å²) >= 11 is 0. The van der Waals surface area contributed by atoms with E-state index in [1.165, 1.54) is 31.4 Å². The van der Waals surface area contributed by atoms with E-state index in [0.717, 1.165) is 5.56 Å². The van der Waals surface area contributed by atoms with Gasteiger partial charge >= 0.3 is 5.97 Å². The first-order valence-electron chi connectivity index (χ1n) is 15.1. The van der Waals surface area contributed by atoms with Crippen molar-refractivity contribution in [3.8, 4) is 28.0 Å². The van der Waals surface area contributed by atoms with Gasteiger partial charge in [0.05, 0.1) is 32.8 Å². The summed E-state index contributed by atoms with van der Waals surface area (Å²) in [5, 5.41) is 24.2. The summed E-state index contributed by atoms with van der Waals surface area (Å²) in [4.78, 5) is 25.8. The van der Waals surface area contributed by atoms with Crippen LogP contribution in [-0.4, -0.2) is 53.1 Å². The number of ether oxygens (including phenoxy) is 2. The molecule has 1 heterocycles. The number of aromatic nitrogens is 1. The summed E-state index contributed by atoms with van der Waals surface area (Å²) in [7, 11) is 2.79. The second-order valence-electron chi connectivity index (χ2n) is 11.4. The van der Waals surface area contributed by atoms with E-state index in [2.05, 4.69) is 10.1 Å². The first kappa shape index (κ1) is 37.6. The van der Waals surface area contributed by atoms with Gasteiger partial charge in [-0.1, -0.05) is 36.4 Å². The molecule has 11 heteroatoms. The molecule has 0 bridgehead atoms. The molecule has 8 nitrogen and oxygen atoms in total. The van der Waals surface area contributed by atoms with Gasteiger partial charge in [-0.25, -0.2) is 8.78 Å². The molecule has 2 atom stereocenters. The number of carbonyl (C=O) groups is 2. The molecule has 3 aromatic carbocycles. The van der Waals surface area contributed by atoms with Gasteiger partial charge in [-0.2, -0.15) is 0 Å². The van der Waals surface area contributed by atoms with Crippen molar-refractivity contribution in [2.45, 2.75) is 64.3 Å². The quantitative estimate of drug-likeness (QED) is 0.105. The Bertz CT molecular complexity index is 1640. The zero-order valence-electron chi connectivity index (χ0n) is 26.7. The van der Waals surface area contributed by atoms with E-state index in [1.807, 2.05) is 42.7 Å². The normalized spacial score (nSPS) is 12.3. The SMILES string of the molecule is COC(=O)C[C@H](O)C[C@H](O)CCc1c(-c2ccc(F)cc2)c(-c2ccc(F)cc2)c(C(=O)NCc2cccc(OC)c2)n1C(C)C.[Pd]. The van der Waals surface area contributed by atoms with E-state index >= 15 is 0 Å². The van der Waals surface area contributed by atoms with Crippen LogP contribution in [0.25, 0.3) is 22.3 Å². The Morgan fingerprint density at radius 2 is 1.47 bits per heavy atom. The van der Waals surface area contributed by atoms with Crippen LogP contribution in [0.5, 0.6) is 5.75 Å². The Kier molecular flexibility index (Phi) is 13.9. The Morgan fingerprint density at radius 3 is 2.02 bits per heavy atom. The summed E-state index contributed by atoms with van der Waals surface area (Å²) in [6, 6.07) is 18.9. The van der Waals surface area contributed by atoms with Crippen molar-refractivity contribution in [3.05, 3.63) is 101 Å². The number of methoxy groups -OCH3 is 2. The Balaban J connectivity index is 0.00000600. The van der Waals surface area contributed by atoms with Crippen molar-refractivity contribution in [2.75, 3.05) is 14.2 Å². The maximum absolute atomic E-state index is 14.2. The molecule has 0 saturated carbocycles. The molecule has 0 aliphatic heterocycles. The van der Waals surface area contributed by atoms with Gasteiger partial charge in [-0.05, 0) is 86.2 Å². The zero-order valence-corrected chi connectivity index (χ0v) is 28.3. The fourth-order valence-corrected chi connectivity index (χ4v) is 5.64. The first-order valence-corrected chi connectivity index (χ1v) is 15.1. The van der Waals surface area contributed by atoms with Gasteiger partial charge in [0, 0.05) is 49.8 Å². The third-order valence-corrected chi connectivity index (χ3v) is 7.78. The van der Waals surface area contributed by atoms with Crippen LogP contribution in [-0.2, 0) is 42.9 Å². The number of benzene rings is 3. The molecule has 0 fully saturated rings. The minimum Gasteiger partial charge on any atom is -0.497 e. The van der Waals surface area contributed by atoms with Crippen LogP contribution in [0, 0.1) is 11.6 Å². The van der Waals surface area contributed by atoms with Crippen molar-refractivity contribution in [2.24, 2.45) is 0 Å². The summed E-state index contributed by atoms with van der Waals surface area (Å²) < 4.78 is 40.1. The number of nitrogens with one attached hydrogen (secondary N) is 1. The molecule has 4 rings (SSSR count). The fourth-order valence-electron chi connectivity index (χ4n) is 5.64. The van der Waals surface area contributed by atoms with Crippen molar-refractivity contribution in [3.63, 3.8) is 0 Å². The number of halogens is 2. The molecule has 3 N–H and O–H groups in total. The van der Waals surface area contributed by atoms with Crippen LogP contribution in [0.1, 0.15) is 60.9 Å². The number of aliphatic hydroxyl groups is 2. The van der Waals surface area contributed by atoms with Gasteiger partial charge in [0.2, 0.25) is 0 Å². The number of rotatable bonds is 14. The number of amides is 1. The van der Waals surface area contributed by atoms with Crippen molar-refractivity contribution in [1.29, 1.82) is 0 Å². The molecule has 0 saturated heterocycles. The molecule has 254 valence electrons. The van der Waals surface area contributed by atoms with Crippen LogP contribution >= 0.6 is 0 Å². The number of esters is 1. The average molecular weight is 741 g/mol. The number of hydrogen-bond acceptors (Lipinski definition) is 6. The van der Waals surface area contributed by atoms with E-state index in [4.69, 9.17) is 4.74 Å². The summed E-state index contributed by atoms with van der Waals surface area (Å²) in [5.74, 6) is -1.17. The molecule has 0 aliphatic carbocycles. The van der Waals surface area contributed by atoms with Gasteiger partial charge in [-0.15, -0.1) is 0 Å². The molecule has 0 unspecified atom stereocenters. The van der Waals surface area contributed by atoms with Gasteiger partial charge in [0.15, 0.2) is 0 Å². The van der Waals surface area contributed by atoms with Crippen molar-refractivity contribution < 1.29 is 58.5 Å². The second-order valence-corrected chi connectivity index (χ2v) is 11.4. The van der Waals surface area contributed by atoms with Gasteiger partial charge in [0.25, 0.3) is 5.91 Å². The Labute approximate surface area is 287 Å². The molecular formula is C36H40F2N2O6Pd. The van der Waals surface area contributed by atoms with E-state index in [9.17, 15) is 28.6 Å². The minimum absolute atomic E-state index is 0. The Morgan fingerprint density at radius 1 is 0.872 bits per heavy atom. The fraction of sp³-hybridized carbons (Fsp3) is 0.333. The molecule has 1 amide bonds. The van der Waals surface area contributed by atoms with E-state index in [1.54, 1.807) is 31.4 Å². The molecule has 47 heavy (non-hydrogen) atoms. The number of carbonyl (C=O) groups excluding carboxylic acids is 2. The standard InChI is InChI=1S/C36H40F2N2O6.Pd/c1-22(2)40-31(17-16-28(41)19-29(42)20-32(43)46-4)33(24-8-12-26(37)13-9-24)34(25-10-14-27(38)15-11-25)35(40)36(44)39-21-23-6-5-7-30(18-23)45-3;/h5-15,18,22,28-29,41-42H,16-17,19-21H2,1-4H3,(H,39,44);/t28-,29-;/m1./s1. The molecule has 0 spiro atoms. The van der Waals surface area contributed by atoms with Gasteiger partial charge < -0.3 is 29.6 Å². The largest absolute Gasteiger partial charge is 0.497 e. The van der Waals surface area contributed by atoms with E-state index in [-0.39, 0.29) is 64.6 Å². The monoisotopic (exact) mass is 740 g/mol. The Hall–Kier alpha value is -3.88. The number of nitrogens with zero attached hydrogens (tertiary/aromatic N) is 1. The minimum atomic E-state index is -1.09. The van der Waals surface area contributed by atoms with Crippen LogP contribution in [0.15, 0.2) is 72.8 Å². The third-order valence-electron chi connectivity index (χ3n) is 7.78.